The molecule has 0 aromatic carbocycles. The molecule has 0 spiro atoms. The monoisotopic (exact) mass is 234 g/mol. The second kappa shape index (κ2) is 5.89. The SMILES string of the molecule is CCOc1cccc(NC2CCC(C)CC2)n1. The van der Waals surface area contributed by atoms with Crippen LogP contribution >= 0.6 is 0 Å². The molecule has 1 aliphatic rings. The zero-order valence-corrected chi connectivity index (χ0v) is 10.8. The lowest BCUT2D eigenvalue weighted by atomic mass is 9.87. The second-order valence-corrected chi connectivity index (χ2v) is 4.90. The van der Waals surface area contributed by atoms with Crippen LogP contribution in [0.15, 0.2) is 18.2 Å². The van der Waals surface area contributed by atoms with Gasteiger partial charge in [0, 0.05) is 12.1 Å². The standard InChI is InChI=1S/C14H22N2O/c1-3-17-14-6-4-5-13(16-14)15-12-9-7-11(2)8-10-12/h4-6,11-12H,3,7-10H2,1-2H3,(H,15,16). The number of rotatable bonds is 4. The summed E-state index contributed by atoms with van der Waals surface area (Å²) >= 11 is 0. The molecule has 1 saturated carbocycles. The van der Waals surface area contributed by atoms with Crippen molar-refractivity contribution in [3.63, 3.8) is 0 Å². The van der Waals surface area contributed by atoms with Gasteiger partial charge in [0.25, 0.3) is 0 Å². The Labute approximate surface area is 104 Å². The van der Waals surface area contributed by atoms with E-state index in [9.17, 15) is 0 Å². The zero-order chi connectivity index (χ0) is 12.1. The number of nitrogens with one attached hydrogen (secondary N) is 1. The zero-order valence-electron chi connectivity index (χ0n) is 10.8. The Balaban J connectivity index is 1.91. The Morgan fingerprint density at radius 1 is 1.29 bits per heavy atom. The number of hydrogen-bond donors (Lipinski definition) is 1. The lowest BCUT2D eigenvalue weighted by molar-refractivity contribution is 0.326. The molecule has 1 fully saturated rings. The molecule has 1 heterocycles. The number of nitrogens with zero attached hydrogens (tertiary/aromatic N) is 1. The van der Waals surface area contributed by atoms with Crippen LogP contribution in [0.2, 0.25) is 0 Å². The van der Waals surface area contributed by atoms with Crippen molar-refractivity contribution in [2.75, 3.05) is 11.9 Å². The molecule has 3 nitrogen and oxygen atoms in total. The number of pyridine rings is 1. The topological polar surface area (TPSA) is 34.1 Å². The number of anilines is 1. The van der Waals surface area contributed by atoms with E-state index in [1.54, 1.807) is 0 Å². The molecule has 17 heavy (non-hydrogen) atoms. The molecule has 3 heteroatoms. The van der Waals surface area contributed by atoms with E-state index in [1.807, 2.05) is 25.1 Å². The van der Waals surface area contributed by atoms with Crippen LogP contribution in [-0.2, 0) is 0 Å². The van der Waals surface area contributed by atoms with Gasteiger partial charge in [0.15, 0.2) is 0 Å². The third-order valence-electron chi connectivity index (χ3n) is 3.38. The fraction of sp³-hybridized carbons (Fsp3) is 0.643. The highest BCUT2D eigenvalue weighted by Crippen LogP contribution is 2.25. The van der Waals surface area contributed by atoms with Crippen molar-refractivity contribution < 1.29 is 4.74 Å². The molecule has 0 saturated heterocycles. The smallest absolute Gasteiger partial charge is 0.215 e. The third-order valence-corrected chi connectivity index (χ3v) is 3.38. The van der Waals surface area contributed by atoms with Gasteiger partial charge in [-0.2, -0.15) is 4.98 Å². The molecule has 1 aromatic heterocycles. The Morgan fingerprint density at radius 3 is 2.76 bits per heavy atom. The number of aromatic nitrogens is 1. The van der Waals surface area contributed by atoms with E-state index >= 15 is 0 Å². The first-order valence-corrected chi connectivity index (χ1v) is 6.64. The Kier molecular flexibility index (Phi) is 4.24. The van der Waals surface area contributed by atoms with E-state index in [-0.39, 0.29) is 0 Å². The first kappa shape index (κ1) is 12.2. The largest absolute Gasteiger partial charge is 0.478 e. The van der Waals surface area contributed by atoms with Crippen LogP contribution < -0.4 is 10.1 Å². The lowest BCUT2D eigenvalue weighted by Gasteiger charge is -2.27. The highest BCUT2D eigenvalue weighted by molar-refractivity contribution is 5.38. The first-order valence-electron chi connectivity index (χ1n) is 6.64. The van der Waals surface area contributed by atoms with E-state index in [1.165, 1.54) is 25.7 Å². The molecular formula is C14H22N2O. The minimum Gasteiger partial charge on any atom is -0.478 e. The summed E-state index contributed by atoms with van der Waals surface area (Å²) < 4.78 is 5.40. The molecule has 1 N–H and O–H groups in total. The summed E-state index contributed by atoms with van der Waals surface area (Å²) in [5.41, 5.74) is 0. The van der Waals surface area contributed by atoms with E-state index in [4.69, 9.17) is 4.74 Å². The predicted molar refractivity (Wildman–Crippen MR) is 70.4 cm³/mol. The van der Waals surface area contributed by atoms with Gasteiger partial charge in [-0.05, 0) is 44.6 Å². The minimum absolute atomic E-state index is 0.579. The van der Waals surface area contributed by atoms with Crippen LogP contribution in [0.1, 0.15) is 39.5 Å². The van der Waals surface area contributed by atoms with Gasteiger partial charge in [0.1, 0.15) is 5.82 Å². The van der Waals surface area contributed by atoms with Gasteiger partial charge in [0.2, 0.25) is 5.88 Å². The second-order valence-electron chi connectivity index (χ2n) is 4.90. The van der Waals surface area contributed by atoms with Crippen molar-refractivity contribution in [3.8, 4) is 5.88 Å². The van der Waals surface area contributed by atoms with Gasteiger partial charge in [-0.15, -0.1) is 0 Å². The fourth-order valence-electron chi connectivity index (χ4n) is 2.34. The molecular weight excluding hydrogens is 212 g/mol. The molecule has 0 radical (unpaired) electrons. The van der Waals surface area contributed by atoms with Gasteiger partial charge >= 0.3 is 0 Å². The van der Waals surface area contributed by atoms with Gasteiger partial charge in [-0.1, -0.05) is 13.0 Å². The summed E-state index contributed by atoms with van der Waals surface area (Å²) in [6, 6.07) is 6.49. The van der Waals surface area contributed by atoms with E-state index in [0.29, 0.717) is 18.5 Å². The maximum absolute atomic E-state index is 5.40. The number of hydrogen-bond acceptors (Lipinski definition) is 3. The third kappa shape index (κ3) is 3.62. The Hall–Kier alpha value is -1.25. The van der Waals surface area contributed by atoms with Crippen molar-refractivity contribution in [2.24, 2.45) is 5.92 Å². The van der Waals surface area contributed by atoms with Crippen LogP contribution in [0.25, 0.3) is 0 Å². The summed E-state index contributed by atoms with van der Waals surface area (Å²) in [5, 5.41) is 3.51. The van der Waals surface area contributed by atoms with Gasteiger partial charge in [-0.3, -0.25) is 0 Å². The van der Waals surface area contributed by atoms with Crippen molar-refractivity contribution in [3.05, 3.63) is 18.2 Å². The maximum Gasteiger partial charge on any atom is 0.215 e. The Morgan fingerprint density at radius 2 is 2.06 bits per heavy atom. The van der Waals surface area contributed by atoms with Gasteiger partial charge in [-0.25, -0.2) is 0 Å². The molecule has 94 valence electrons. The van der Waals surface area contributed by atoms with E-state index in [0.717, 1.165) is 11.7 Å². The van der Waals surface area contributed by atoms with Crippen LogP contribution in [0.3, 0.4) is 0 Å². The average Bonchev–Trinajstić information content (AvgIpc) is 2.33. The highest BCUT2D eigenvalue weighted by atomic mass is 16.5. The van der Waals surface area contributed by atoms with E-state index < -0.39 is 0 Å². The summed E-state index contributed by atoms with van der Waals surface area (Å²) in [6.45, 7) is 4.98. The average molecular weight is 234 g/mol. The summed E-state index contributed by atoms with van der Waals surface area (Å²) in [7, 11) is 0. The molecule has 1 aliphatic carbocycles. The molecule has 0 bridgehead atoms. The predicted octanol–water partition coefficient (Wildman–Crippen LogP) is 3.47. The van der Waals surface area contributed by atoms with Gasteiger partial charge in [0.05, 0.1) is 6.61 Å². The summed E-state index contributed by atoms with van der Waals surface area (Å²) in [5.74, 6) is 2.54. The maximum atomic E-state index is 5.40. The summed E-state index contributed by atoms with van der Waals surface area (Å²) in [6.07, 6.45) is 5.15. The molecule has 0 unspecified atom stereocenters. The quantitative estimate of drug-likeness (QED) is 0.866. The van der Waals surface area contributed by atoms with Crippen molar-refractivity contribution in [1.82, 2.24) is 4.98 Å². The normalized spacial score (nSPS) is 24.4. The molecule has 2 rings (SSSR count). The number of ether oxygens (including phenoxy) is 1. The van der Waals surface area contributed by atoms with Crippen LogP contribution in [0.5, 0.6) is 5.88 Å². The fourth-order valence-corrected chi connectivity index (χ4v) is 2.34. The lowest BCUT2D eigenvalue weighted by Crippen LogP contribution is -2.25. The molecule has 0 atom stereocenters. The van der Waals surface area contributed by atoms with Crippen molar-refractivity contribution in [2.45, 2.75) is 45.6 Å². The minimum atomic E-state index is 0.579. The molecule has 0 aliphatic heterocycles. The first-order chi connectivity index (χ1) is 8.28. The van der Waals surface area contributed by atoms with Gasteiger partial charge < -0.3 is 10.1 Å². The van der Waals surface area contributed by atoms with Crippen molar-refractivity contribution in [1.29, 1.82) is 0 Å². The highest BCUT2D eigenvalue weighted by Gasteiger charge is 2.18. The Bertz CT molecular complexity index is 346. The van der Waals surface area contributed by atoms with Crippen LogP contribution in [-0.4, -0.2) is 17.6 Å². The summed E-state index contributed by atoms with van der Waals surface area (Å²) in [4.78, 5) is 4.44. The van der Waals surface area contributed by atoms with Crippen LogP contribution in [0, 0.1) is 5.92 Å². The molecule has 0 amide bonds. The van der Waals surface area contributed by atoms with Crippen molar-refractivity contribution >= 4 is 5.82 Å². The molecule has 1 aromatic rings. The van der Waals surface area contributed by atoms with Crippen LogP contribution in [0.4, 0.5) is 5.82 Å². The van der Waals surface area contributed by atoms with E-state index in [2.05, 4.69) is 17.2 Å².